The maximum atomic E-state index is 12.3. The Morgan fingerprint density at radius 3 is 3.04 bits per heavy atom. The quantitative estimate of drug-likeness (QED) is 0.842. The maximum Gasteiger partial charge on any atom is 0.330 e. The van der Waals surface area contributed by atoms with Crippen molar-refractivity contribution in [3.8, 4) is 5.75 Å². The fraction of sp³-hybridized carbons (Fsp3) is 0.353. The molecule has 2 heterocycles. The third-order valence-corrected chi connectivity index (χ3v) is 3.92. The Balaban J connectivity index is 1.78. The van der Waals surface area contributed by atoms with Crippen LogP contribution in [0.1, 0.15) is 40.9 Å². The molecule has 3 rings (SSSR count). The van der Waals surface area contributed by atoms with E-state index in [0.29, 0.717) is 24.3 Å². The molecule has 1 atom stereocenters. The molecule has 0 aliphatic carbocycles. The lowest BCUT2D eigenvalue weighted by molar-refractivity contribution is -0.139. The Bertz CT molecular complexity index is 769. The zero-order valence-corrected chi connectivity index (χ0v) is 13.4. The molecule has 0 radical (unpaired) electrons. The van der Waals surface area contributed by atoms with E-state index >= 15 is 0 Å². The lowest BCUT2D eigenvalue weighted by Gasteiger charge is -2.15. The van der Waals surface area contributed by atoms with Crippen LogP contribution < -0.4 is 10.1 Å². The SMILES string of the molecule is CCCn1cc(C(=O)N[C@H](C(=O)O)c2ccc3c(c2)CCO3)cn1. The molecule has 2 N–H and O–H groups in total. The number of carboxylic acid groups (broad SMARTS) is 1. The number of ether oxygens (including phenoxy) is 1. The largest absolute Gasteiger partial charge is 0.493 e. The summed E-state index contributed by atoms with van der Waals surface area (Å²) in [4.78, 5) is 23.9. The molecule has 7 nitrogen and oxygen atoms in total. The molecule has 0 saturated carbocycles. The van der Waals surface area contributed by atoms with Gasteiger partial charge in [0.15, 0.2) is 6.04 Å². The molecule has 0 saturated heterocycles. The number of rotatable bonds is 6. The number of aromatic nitrogens is 2. The number of carboxylic acids is 1. The van der Waals surface area contributed by atoms with Crippen LogP contribution in [-0.2, 0) is 17.8 Å². The highest BCUT2D eigenvalue weighted by Crippen LogP contribution is 2.28. The van der Waals surface area contributed by atoms with Gasteiger partial charge in [0.2, 0.25) is 0 Å². The molecule has 1 aliphatic rings. The Morgan fingerprint density at radius 1 is 1.46 bits per heavy atom. The smallest absolute Gasteiger partial charge is 0.330 e. The van der Waals surface area contributed by atoms with Gasteiger partial charge in [0.05, 0.1) is 18.4 Å². The van der Waals surface area contributed by atoms with Crippen molar-refractivity contribution >= 4 is 11.9 Å². The third-order valence-electron chi connectivity index (χ3n) is 3.92. The molecular weight excluding hydrogens is 310 g/mol. The Kier molecular flexibility index (Phi) is 4.50. The fourth-order valence-electron chi connectivity index (χ4n) is 2.72. The van der Waals surface area contributed by atoms with Crippen LogP contribution in [0.4, 0.5) is 0 Å². The van der Waals surface area contributed by atoms with E-state index in [4.69, 9.17) is 4.74 Å². The lowest BCUT2D eigenvalue weighted by atomic mass is 10.0. The summed E-state index contributed by atoms with van der Waals surface area (Å²) in [5, 5.41) is 16.1. The molecule has 1 aromatic heterocycles. The first-order valence-corrected chi connectivity index (χ1v) is 7.90. The summed E-state index contributed by atoms with van der Waals surface area (Å²) in [7, 11) is 0. The predicted molar refractivity (Wildman–Crippen MR) is 86.0 cm³/mol. The second kappa shape index (κ2) is 6.74. The summed E-state index contributed by atoms with van der Waals surface area (Å²) in [6, 6.07) is 4.09. The number of aliphatic carboxylic acids is 1. The van der Waals surface area contributed by atoms with E-state index in [2.05, 4.69) is 10.4 Å². The van der Waals surface area contributed by atoms with Crippen molar-refractivity contribution in [1.29, 1.82) is 0 Å². The maximum absolute atomic E-state index is 12.3. The lowest BCUT2D eigenvalue weighted by Crippen LogP contribution is -2.33. The van der Waals surface area contributed by atoms with Gasteiger partial charge < -0.3 is 15.2 Å². The van der Waals surface area contributed by atoms with Gasteiger partial charge in [-0.05, 0) is 29.7 Å². The number of fused-ring (bicyclic) bond motifs is 1. The van der Waals surface area contributed by atoms with Crippen molar-refractivity contribution in [2.75, 3.05) is 6.61 Å². The summed E-state index contributed by atoms with van der Waals surface area (Å²) in [6.45, 7) is 3.32. The first-order chi connectivity index (χ1) is 11.6. The summed E-state index contributed by atoms with van der Waals surface area (Å²) in [5.74, 6) is -0.792. The van der Waals surface area contributed by atoms with Crippen molar-refractivity contribution in [2.45, 2.75) is 32.4 Å². The molecule has 0 spiro atoms. The number of hydrogen-bond donors (Lipinski definition) is 2. The van der Waals surface area contributed by atoms with Gasteiger partial charge in [-0.15, -0.1) is 0 Å². The fourth-order valence-corrected chi connectivity index (χ4v) is 2.72. The Hall–Kier alpha value is -2.83. The average molecular weight is 329 g/mol. The number of nitrogens with one attached hydrogen (secondary N) is 1. The summed E-state index contributed by atoms with van der Waals surface area (Å²) in [6.07, 6.45) is 4.71. The van der Waals surface area contributed by atoms with E-state index in [1.54, 1.807) is 29.1 Å². The highest BCUT2D eigenvalue weighted by molar-refractivity contribution is 5.96. The number of benzene rings is 1. The minimum absolute atomic E-state index is 0.346. The van der Waals surface area contributed by atoms with E-state index in [1.807, 2.05) is 6.92 Å². The Labute approximate surface area is 139 Å². The first-order valence-electron chi connectivity index (χ1n) is 7.90. The standard InChI is InChI=1S/C17H19N3O4/c1-2-6-20-10-13(9-18-20)16(21)19-15(17(22)23)12-3-4-14-11(8-12)5-7-24-14/h3-4,8-10,15H,2,5-7H2,1H3,(H,19,21)(H,22,23)/t15-/m0/s1. The molecule has 0 fully saturated rings. The zero-order chi connectivity index (χ0) is 17.1. The third kappa shape index (κ3) is 3.24. The van der Waals surface area contributed by atoms with Crippen LogP contribution >= 0.6 is 0 Å². The van der Waals surface area contributed by atoms with Crippen molar-refractivity contribution < 1.29 is 19.4 Å². The molecule has 0 bridgehead atoms. The van der Waals surface area contributed by atoms with Crippen LogP contribution in [-0.4, -0.2) is 33.4 Å². The Morgan fingerprint density at radius 2 is 2.29 bits per heavy atom. The van der Waals surface area contributed by atoms with Gasteiger partial charge in [-0.25, -0.2) is 4.79 Å². The van der Waals surface area contributed by atoms with Gasteiger partial charge in [0, 0.05) is 19.2 Å². The summed E-state index contributed by atoms with van der Waals surface area (Å²) < 4.78 is 7.09. The van der Waals surface area contributed by atoms with Gasteiger partial charge in [-0.2, -0.15) is 5.10 Å². The first kappa shape index (κ1) is 16.0. The second-order valence-electron chi connectivity index (χ2n) is 5.70. The van der Waals surface area contributed by atoms with Crippen molar-refractivity contribution in [3.63, 3.8) is 0 Å². The van der Waals surface area contributed by atoms with Crippen LogP contribution in [0.25, 0.3) is 0 Å². The van der Waals surface area contributed by atoms with Crippen LogP contribution in [0, 0.1) is 0 Å². The van der Waals surface area contributed by atoms with Gasteiger partial charge in [0.1, 0.15) is 5.75 Å². The van der Waals surface area contributed by atoms with Crippen molar-refractivity contribution in [3.05, 3.63) is 47.3 Å². The van der Waals surface area contributed by atoms with Gasteiger partial charge in [-0.1, -0.05) is 13.0 Å². The number of hydrogen-bond acceptors (Lipinski definition) is 4. The number of amides is 1. The van der Waals surface area contributed by atoms with Gasteiger partial charge >= 0.3 is 5.97 Å². The number of carbonyl (C=O) groups excluding carboxylic acids is 1. The monoisotopic (exact) mass is 329 g/mol. The number of carbonyl (C=O) groups is 2. The normalized spacial score (nSPS) is 13.9. The van der Waals surface area contributed by atoms with E-state index in [1.165, 1.54) is 6.20 Å². The summed E-state index contributed by atoms with van der Waals surface area (Å²) in [5.41, 5.74) is 1.84. The highest BCUT2D eigenvalue weighted by Gasteiger charge is 2.25. The molecule has 126 valence electrons. The van der Waals surface area contributed by atoms with E-state index < -0.39 is 17.9 Å². The second-order valence-corrected chi connectivity index (χ2v) is 5.70. The van der Waals surface area contributed by atoms with Crippen molar-refractivity contribution in [2.24, 2.45) is 0 Å². The molecular formula is C17H19N3O4. The van der Waals surface area contributed by atoms with Crippen LogP contribution in [0.3, 0.4) is 0 Å². The molecule has 7 heteroatoms. The predicted octanol–water partition coefficient (Wildman–Crippen LogP) is 1.78. The topological polar surface area (TPSA) is 93.5 Å². The molecule has 2 aromatic rings. The van der Waals surface area contributed by atoms with Crippen LogP contribution in [0.15, 0.2) is 30.6 Å². The summed E-state index contributed by atoms with van der Waals surface area (Å²) >= 11 is 0. The van der Waals surface area contributed by atoms with Crippen molar-refractivity contribution in [1.82, 2.24) is 15.1 Å². The minimum Gasteiger partial charge on any atom is -0.493 e. The zero-order valence-electron chi connectivity index (χ0n) is 13.4. The minimum atomic E-state index is -1.11. The van der Waals surface area contributed by atoms with Crippen LogP contribution in [0.5, 0.6) is 5.75 Å². The highest BCUT2D eigenvalue weighted by atomic mass is 16.5. The molecule has 1 amide bonds. The van der Waals surface area contributed by atoms with Crippen LogP contribution in [0.2, 0.25) is 0 Å². The molecule has 1 aromatic carbocycles. The van der Waals surface area contributed by atoms with Gasteiger partial charge in [0.25, 0.3) is 5.91 Å². The van der Waals surface area contributed by atoms with Gasteiger partial charge in [-0.3, -0.25) is 9.48 Å². The number of aryl methyl sites for hydroxylation is 1. The van der Waals surface area contributed by atoms with E-state index in [-0.39, 0.29) is 0 Å². The number of nitrogens with zero attached hydrogens (tertiary/aromatic N) is 2. The molecule has 0 unspecified atom stereocenters. The average Bonchev–Trinajstić information content (AvgIpc) is 3.20. The molecule has 1 aliphatic heterocycles. The van der Waals surface area contributed by atoms with E-state index in [9.17, 15) is 14.7 Å². The van der Waals surface area contributed by atoms with E-state index in [0.717, 1.165) is 24.2 Å². The molecule has 24 heavy (non-hydrogen) atoms.